The number of amides is 2. The number of nitrogens with one attached hydrogen (secondary N) is 2. The molecule has 0 aliphatic carbocycles. The molecule has 0 radical (unpaired) electrons. The maximum absolute atomic E-state index is 12.3. The number of hydrogen-bond donors (Lipinski definition) is 2. The molecule has 0 aliphatic heterocycles. The first-order valence-corrected chi connectivity index (χ1v) is 10.4. The van der Waals surface area contributed by atoms with Gasteiger partial charge in [0.25, 0.3) is 10.0 Å². The van der Waals surface area contributed by atoms with Crippen LogP contribution in [0.15, 0.2) is 34.5 Å². The molecule has 2 N–H and O–H groups in total. The first-order chi connectivity index (χ1) is 11.7. The van der Waals surface area contributed by atoms with Crippen LogP contribution in [0.25, 0.3) is 0 Å². The number of carbonyl (C=O) groups excluding carboxylic acids is 1. The van der Waals surface area contributed by atoms with Crippen molar-refractivity contribution in [3.05, 3.63) is 45.9 Å². The standard InChI is InChI=1S/C17H23N3O3S2/c1-11(2)9-15(16-18-13(4)10-24-16)19-17(21)20-25(22,23)14-7-5-12(3)6-8-14/h5-8,10-11,15H,9H2,1-4H3,(H2,19,20,21). The monoisotopic (exact) mass is 381 g/mol. The summed E-state index contributed by atoms with van der Waals surface area (Å²) >= 11 is 1.45. The Morgan fingerprint density at radius 2 is 1.84 bits per heavy atom. The van der Waals surface area contributed by atoms with Crippen LogP contribution >= 0.6 is 11.3 Å². The molecular formula is C17H23N3O3S2. The smallest absolute Gasteiger partial charge is 0.328 e. The first-order valence-electron chi connectivity index (χ1n) is 7.99. The van der Waals surface area contributed by atoms with Gasteiger partial charge in [0, 0.05) is 11.1 Å². The van der Waals surface area contributed by atoms with Crippen molar-refractivity contribution in [2.24, 2.45) is 5.92 Å². The van der Waals surface area contributed by atoms with Crippen LogP contribution in [0.1, 0.15) is 42.6 Å². The van der Waals surface area contributed by atoms with Gasteiger partial charge < -0.3 is 5.32 Å². The maximum Gasteiger partial charge on any atom is 0.329 e. The minimum Gasteiger partial charge on any atom is -0.328 e. The highest BCUT2D eigenvalue weighted by Crippen LogP contribution is 2.24. The van der Waals surface area contributed by atoms with Crippen LogP contribution < -0.4 is 10.0 Å². The lowest BCUT2D eigenvalue weighted by atomic mass is 10.0. The van der Waals surface area contributed by atoms with E-state index in [1.54, 1.807) is 12.1 Å². The highest BCUT2D eigenvalue weighted by molar-refractivity contribution is 7.90. The Balaban J connectivity index is 2.11. The summed E-state index contributed by atoms with van der Waals surface area (Å²) in [6.45, 7) is 7.82. The first kappa shape index (κ1) is 19.4. The number of hydrogen-bond acceptors (Lipinski definition) is 5. The van der Waals surface area contributed by atoms with E-state index in [9.17, 15) is 13.2 Å². The van der Waals surface area contributed by atoms with Gasteiger partial charge in [0.1, 0.15) is 5.01 Å². The number of benzene rings is 1. The molecule has 0 bridgehead atoms. The fraction of sp³-hybridized carbons (Fsp3) is 0.412. The number of aryl methyl sites for hydroxylation is 2. The molecule has 0 saturated heterocycles. The van der Waals surface area contributed by atoms with E-state index in [4.69, 9.17) is 0 Å². The van der Waals surface area contributed by atoms with Crippen molar-refractivity contribution in [1.82, 2.24) is 15.0 Å². The third kappa shape index (κ3) is 5.54. The fourth-order valence-corrected chi connectivity index (χ4v) is 4.09. The van der Waals surface area contributed by atoms with Gasteiger partial charge in [-0.2, -0.15) is 0 Å². The van der Waals surface area contributed by atoms with E-state index in [0.29, 0.717) is 12.3 Å². The van der Waals surface area contributed by atoms with Gasteiger partial charge in [0.15, 0.2) is 0 Å². The summed E-state index contributed by atoms with van der Waals surface area (Å²) in [7, 11) is -3.91. The number of urea groups is 1. The molecule has 0 fully saturated rings. The van der Waals surface area contributed by atoms with Gasteiger partial charge in [-0.15, -0.1) is 11.3 Å². The second-order valence-corrected chi connectivity index (χ2v) is 8.97. The van der Waals surface area contributed by atoms with E-state index in [1.165, 1.54) is 23.5 Å². The van der Waals surface area contributed by atoms with Crippen LogP contribution in [0.4, 0.5) is 4.79 Å². The Hall–Kier alpha value is -1.93. The topological polar surface area (TPSA) is 88.2 Å². The number of sulfonamides is 1. The van der Waals surface area contributed by atoms with Crippen LogP contribution in [-0.4, -0.2) is 19.4 Å². The van der Waals surface area contributed by atoms with Crippen LogP contribution in [0.3, 0.4) is 0 Å². The van der Waals surface area contributed by atoms with Crippen LogP contribution in [0, 0.1) is 19.8 Å². The summed E-state index contributed by atoms with van der Waals surface area (Å²) in [4.78, 5) is 16.7. The Morgan fingerprint density at radius 1 is 1.20 bits per heavy atom. The molecule has 25 heavy (non-hydrogen) atoms. The van der Waals surface area contributed by atoms with Gasteiger partial charge in [-0.05, 0) is 38.3 Å². The zero-order valence-corrected chi connectivity index (χ0v) is 16.4. The van der Waals surface area contributed by atoms with E-state index < -0.39 is 16.1 Å². The highest BCUT2D eigenvalue weighted by atomic mass is 32.2. The summed E-state index contributed by atoms with van der Waals surface area (Å²) in [5, 5.41) is 5.41. The van der Waals surface area contributed by atoms with E-state index in [2.05, 4.69) is 15.0 Å². The molecule has 8 heteroatoms. The molecule has 2 rings (SSSR count). The summed E-state index contributed by atoms with van der Waals surface area (Å²) in [6.07, 6.45) is 0.672. The molecule has 2 aromatic rings. The average Bonchev–Trinajstić information content (AvgIpc) is 2.92. The van der Waals surface area contributed by atoms with Crippen LogP contribution in [-0.2, 0) is 10.0 Å². The molecule has 1 atom stereocenters. The number of carbonyl (C=O) groups is 1. The molecule has 6 nitrogen and oxygen atoms in total. The predicted molar refractivity (Wildman–Crippen MR) is 99.1 cm³/mol. The van der Waals surface area contributed by atoms with Crippen LogP contribution in [0.5, 0.6) is 0 Å². The maximum atomic E-state index is 12.3. The Bertz CT molecular complexity index is 827. The molecule has 1 unspecified atom stereocenters. The highest BCUT2D eigenvalue weighted by Gasteiger charge is 2.23. The summed E-state index contributed by atoms with van der Waals surface area (Å²) < 4.78 is 26.7. The number of aromatic nitrogens is 1. The Morgan fingerprint density at radius 3 is 2.36 bits per heavy atom. The lowest BCUT2D eigenvalue weighted by Crippen LogP contribution is -2.41. The minimum atomic E-state index is -3.91. The van der Waals surface area contributed by atoms with Gasteiger partial charge in [-0.3, -0.25) is 0 Å². The molecule has 2 amide bonds. The summed E-state index contributed by atoms with van der Waals surface area (Å²) in [5.41, 5.74) is 1.82. The van der Waals surface area contributed by atoms with Gasteiger partial charge >= 0.3 is 6.03 Å². The van der Waals surface area contributed by atoms with Crippen molar-refractivity contribution >= 4 is 27.4 Å². The minimum absolute atomic E-state index is 0.0544. The van der Waals surface area contributed by atoms with Crippen LogP contribution in [0.2, 0.25) is 0 Å². The third-order valence-electron chi connectivity index (χ3n) is 3.51. The molecule has 0 aliphatic rings. The summed E-state index contributed by atoms with van der Waals surface area (Å²) in [5.74, 6) is 0.322. The second-order valence-electron chi connectivity index (χ2n) is 6.40. The largest absolute Gasteiger partial charge is 0.329 e. The normalized spacial score (nSPS) is 12.8. The summed E-state index contributed by atoms with van der Waals surface area (Å²) in [6, 6.07) is 5.24. The van der Waals surface area contributed by atoms with Gasteiger partial charge in [-0.1, -0.05) is 31.5 Å². The molecule has 136 valence electrons. The zero-order chi connectivity index (χ0) is 18.6. The van der Waals surface area contributed by atoms with Gasteiger partial charge in [-0.25, -0.2) is 22.9 Å². The van der Waals surface area contributed by atoms with E-state index >= 15 is 0 Å². The average molecular weight is 382 g/mol. The third-order valence-corrected chi connectivity index (χ3v) is 5.93. The van der Waals surface area contributed by atoms with Gasteiger partial charge in [0.05, 0.1) is 10.9 Å². The molecule has 0 saturated carbocycles. The van der Waals surface area contributed by atoms with Crippen molar-refractivity contribution in [3.8, 4) is 0 Å². The fourth-order valence-electron chi connectivity index (χ4n) is 2.31. The molecule has 0 spiro atoms. The van der Waals surface area contributed by atoms with E-state index in [1.807, 2.05) is 33.1 Å². The predicted octanol–water partition coefficient (Wildman–Crippen LogP) is 3.54. The lowest BCUT2D eigenvalue weighted by molar-refractivity contribution is 0.240. The molecule has 1 heterocycles. The SMILES string of the molecule is Cc1ccc(S(=O)(=O)NC(=O)NC(CC(C)C)c2nc(C)cs2)cc1. The molecule has 1 aromatic carbocycles. The number of thiazole rings is 1. The van der Waals surface area contributed by atoms with Crippen molar-refractivity contribution in [2.75, 3.05) is 0 Å². The second kappa shape index (κ2) is 7.97. The van der Waals surface area contributed by atoms with E-state index in [-0.39, 0.29) is 10.9 Å². The van der Waals surface area contributed by atoms with Crippen molar-refractivity contribution in [3.63, 3.8) is 0 Å². The molecule has 1 aromatic heterocycles. The lowest BCUT2D eigenvalue weighted by Gasteiger charge is -2.19. The van der Waals surface area contributed by atoms with Crippen molar-refractivity contribution < 1.29 is 13.2 Å². The van der Waals surface area contributed by atoms with Crippen molar-refractivity contribution in [1.29, 1.82) is 0 Å². The van der Waals surface area contributed by atoms with Crippen molar-refractivity contribution in [2.45, 2.75) is 45.1 Å². The quantitative estimate of drug-likeness (QED) is 0.801. The number of rotatable bonds is 6. The molecular weight excluding hydrogens is 358 g/mol. The zero-order valence-electron chi connectivity index (χ0n) is 14.7. The van der Waals surface area contributed by atoms with Gasteiger partial charge in [0.2, 0.25) is 0 Å². The Labute approximate surface area is 152 Å². The van der Waals surface area contributed by atoms with E-state index in [0.717, 1.165) is 16.3 Å². The Kier molecular flexibility index (Phi) is 6.18. The number of nitrogens with zero attached hydrogens (tertiary/aromatic N) is 1.